The maximum Gasteiger partial charge on any atom is 0.261 e. The van der Waals surface area contributed by atoms with Crippen LogP contribution in [-0.4, -0.2) is 22.4 Å². The molecule has 0 atom stereocenters. The molecule has 3 aromatic rings. The molecule has 0 aliphatic carbocycles. The zero-order valence-corrected chi connectivity index (χ0v) is 17.5. The second kappa shape index (κ2) is 6.71. The lowest BCUT2D eigenvalue weighted by molar-refractivity contribution is -0.115. The first-order valence-corrected chi connectivity index (χ1v) is 9.81. The molecule has 0 saturated carbocycles. The molecule has 0 bridgehead atoms. The lowest BCUT2D eigenvalue weighted by atomic mass is 9.83. The van der Waals surface area contributed by atoms with Gasteiger partial charge in [0.25, 0.3) is 5.56 Å². The van der Waals surface area contributed by atoms with Gasteiger partial charge < -0.3 is 4.90 Å². The first kappa shape index (κ1) is 18.6. The average molecular weight is 438 g/mol. The first-order chi connectivity index (χ1) is 13.3. The molecule has 0 saturated heterocycles. The number of para-hydroxylation sites is 1. The molecular weight excluding hydrogens is 418 g/mol. The third-order valence-electron chi connectivity index (χ3n) is 5.35. The summed E-state index contributed by atoms with van der Waals surface area (Å²) >= 11 is 3.38. The topological polar surface area (TPSA) is 55.2 Å². The summed E-state index contributed by atoms with van der Waals surface area (Å²) in [6, 6.07) is 13.5. The van der Waals surface area contributed by atoms with Crippen LogP contribution < -0.4 is 10.5 Å². The molecule has 1 aromatic heterocycles. The molecule has 28 heavy (non-hydrogen) atoms. The van der Waals surface area contributed by atoms with Gasteiger partial charge in [-0.05, 0) is 29.8 Å². The zero-order chi connectivity index (χ0) is 20.1. The second-order valence-corrected chi connectivity index (χ2v) is 8.45. The summed E-state index contributed by atoms with van der Waals surface area (Å²) < 4.78 is 2.17. The van der Waals surface area contributed by atoms with E-state index in [1.54, 1.807) is 18.2 Å². The van der Waals surface area contributed by atoms with Crippen molar-refractivity contribution in [1.82, 2.24) is 9.55 Å². The molecule has 0 spiro atoms. The van der Waals surface area contributed by atoms with Crippen LogP contribution in [0.15, 0.2) is 69.8 Å². The van der Waals surface area contributed by atoms with Crippen molar-refractivity contribution in [3.05, 3.63) is 81.0 Å². The molecule has 0 radical (unpaired) electrons. The number of hydrogen-bond acceptors (Lipinski definition) is 4. The molecule has 4 rings (SSSR count). The largest absolute Gasteiger partial charge is 0.347 e. The number of ketones is 1. The van der Waals surface area contributed by atoms with Gasteiger partial charge in [0.05, 0.1) is 23.8 Å². The molecule has 0 N–H and O–H groups in total. The van der Waals surface area contributed by atoms with Gasteiger partial charge in [-0.1, -0.05) is 48.0 Å². The van der Waals surface area contributed by atoms with Gasteiger partial charge in [0.2, 0.25) is 0 Å². The fourth-order valence-electron chi connectivity index (χ4n) is 3.87. The van der Waals surface area contributed by atoms with Crippen molar-refractivity contribution in [2.45, 2.75) is 25.8 Å². The quantitative estimate of drug-likeness (QED) is 0.580. The predicted molar refractivity (Wildman–Crippen MR) is 115 cm³/mol. The van der Waals surface area contributed by atoms with E-state index in [1.165, 1.54) is 16.5 Å². The van der Waals surface area contributed by atoms with E-state index in [-0.39, 0.29) is 23.3 Å². The molecule has 1 aliphatic heterocycles. The minimum absolute atomic E-state index is 0.0436. The fourth-order valence-corrected chi connectivity index (χ4v) is 4.23. The third-order valence-corrected chi connectivity index (χ3v) is 5.84. The van der Waals surface area contributed by atoms with Crippen molar-refractivity contribution in [2.24, 2.45) is 0 Å². The highest BCUT2D eigenvalue weighted by molar-refractivity contribution is 9.10. The van der Waals surface area contributed by atoms with Crippen LogP contribution in [0.4, 0.5) is 5.69 Å². The smallest absolute Gasteiger partial charge is 0.261 e. The van der Waals surface area contributed by atoms with Crippen LogP contribution in [0.2, 0.25) is 0 Å². The summed E-state index contributed by atoms with van der Waals surface area (Å²) in [6.45, 7) is 4.17. The van der Waals surface area contributed by atoms with Gasteiger partial charge in [-0.25, -0.2) is 4.98 Å². The molecular formula is C22H20BrN3O2. The minimum atomic E-state index is -0.279. The highest BCUT2D eigenvalue weighted by Gasteiger charge is 2.38. The summed E-state index contributed by atoms with van der Waals surface area (Å²) in [5.41, 5.74) is 3.32. The van der Waals surface area contributed by atoms with Gasteiger partial charge in [0.15, 0.2) is 5.78 Å². The molecule has 1 aliphatic rings. The Morgan fingerprint density at radius 2 is 1.96 bits per heavy atom. The van der Waals surface area contributed by atoms with Gasteiger partial charge in [-0.2, -0.15) is 0 Å². The SMILES string of the molecule is CN1C(=CC(=O)Cn2cnc3ccc(Br)cc3c2=O)C(C)(C)c2ccccc21. The summed E-state index contributed by atoms with van der Waals surface area (Å²) in [5, 5.41) is 0.489. The number of fused-ring (bicyclic) bond motifs is 2. The summed E-state index contributed by atoms with van der Waals surface area (Å²) in [6.07, 6.45) is 3.09. The number of aromatic nitrogens is 2. The Morgan fingerprint density at radius 1 is 1.21 bits per heavy atom. The van der Waals surface area contributed by atoms with Gasteiger partial charge in [0.1, 0.15) is 0 Å². The molecule has 2 heterocycles. The molecule has 142 valence electrons. The van der Waals surface area contributed by atoms with Crippen molar-refractivity contribution in [2.75, 3.05) is 11.9 Å². The van der Waals surface area contributed by atoms with Gasteiger partial charge >= 0.3 is 0 Å². The van der Waals surface area contributed by atoms with E-state index in [4.69, 9.17) is 0 Å². The van der Waals surface area contributed by atoms with Crippen molar-refractivity contribution in [3.8, 4) is 0 Å². The number of halogens is 1. The van der Waals surface area contributed by atoms with Crippen molar-refractivity contribution >= 4 is 38.3 Å². The Bertz CT molecular complexity index is 1190. The average Bonchev–Trinajstić information content (AvgIpc) is 2.86. The summed E-state index contributed by atoms with van der Waals surface area (Å²) in [5.74, 6) is -0.138. The highest BCUT2D eigenvalue weighted by Crippen LogP contribution is 2.46. The Hall–Kier alpha value is -2.73. The van der Waals surface area contributed by atoms with E-state index in [1.807, 2.05) is 30.1 Å². The number of carbonyl (C=O) groups is 1. The van der Waals surface area contributed by atoms with E-state index in [2.05, 4.69) is 46.9 Å². The fraction of sp³-hybridized carbons (Fsp3) is 0.227. The Labute approximate surface area is 171 Å². The van der Waals surface area contributed by atoms with Crippen LogP contribution in [0.25, 0.3) is 10.9 Å². The van der Waals surface area contributed by atoms with Crippen LogP contribution in [0.5, 0.6) is 0 Å². The molecule has 0 amide bonds. The lowest BCUT2D eigenvalue weighted by Gasteiger charge is -2.24. The lowest BCUT2D eigenvalue weighted by Crippen LogP contribution is -2.27. The summed E-state index contributed by atoms with van der Waals surface area (Å²) in [7, 11) is 1.97. The number of nitrogens with zero attached hydrogens (tertiary/aromatic N) is 3. The number of allylic oxidation sites excluding steroid dienone is 2. The maximum atomic E-state index is 12.8. The van der Waals surface area contributed by atoms with E-state index in [0.717, 1.165) is 15.9 Å². The van der Waals surface area contributed by atoms with Crippen LogP contribution in [-0.2, 0) is 16.8 Å². The van der Waals surface area contributed by atoms with Crippen molar-refractivity contribution in [3.63, 3.8) is 0 Å². The monoisotopic (exact) mass is 437 g/mol. The minimum Gasteiger partial charge on any atom is -0.347 e. The Morgan fingerprint density at radius 3 is 2.71 bits per heavy atom. The number of rotatable bonds is 3. The molecule has 0 unspecified atom stereocenters. The summed E-state index contributed by atoms with van der Waals surface area (Å²) in [4.78, 5) is 31.9. The molecule has 2 aromatic carbocycles. The number of carbonyl (C=O) groups excluding carboxylic acids is 1. The van der Waals surface area contributed by atoms with Crippen LogP contribution >= 0.6 is 15.9 Å². The Balaban J connectivity index is 1.68. The Kier molecular flexibility index (Phi) is 4.46. The number of likely N-dealkylation sites (N-methyl/N-ethyl adjacent to an activating group) is 1. The van der Waals surface area contributed by atoms with Crippen LogP contribution in [0.1, 0.15) is 19.4 Å². The van der Waals surface area contributed by atoms with Gasteiger partial charge in [0, 0.05) is 34.4 Å². The van der Waals surface area contributed by atoms with E-state index < -0.39 is 0 Å². The molecule has 0 fully saturated rings. The highest BCUT2D eigenvalue weighted by atomic mass is 79.9. The number of hydrogen-bond donors (Lipinski definition) is 0. The van der Waals surface area contributed by atoms with Crippen molar-refractivity contribution in [1.29, 1.82) is 0 Å². The molecule has 5 nitrogen and oxygen atoms in total. The second-order valence-electron chi connectivity index (χ2n) is 7.54. The van der Waals surface area contributed by atoms with E-state index >= 15 is 0 Å². The van der Waals surface area contributed by atoms with Gasteiger partial charge in [-0.3, -0.25) is 14.2 Å². The zero-order valence-electron chi connectivity index (χ0n) is 15.9. The molecule has 6 heteroatoms. The normalized spacial score (nSPS) is 16.6. The van der Waals surface area contributed by atoms with E-state index in [0.29, 0.717) is 10.9 Å². The number of anilines is 1. The predicted octanol–water partition coefficient (Wildman–Crippen LogP) is 4.04. The standard InChI is InChI=1S/C22H20BrN3O2/c1-22(2)17-6-4-5-7-19(17)25(3)20(22)11-15(27)12-26-13-24-18-9-8-14(23)10-16(18)21(26)28/h4-11,13H,12H2,1-3H3. The first-order valence-electron chi connectivity index (χ1n) is 9.02. The van der Waals surface area contributed by atoms with Crippen LogP contribution in [0, 0.1) is 0 Å². The third kappa shape index (κ3) is 2.98. The van der Waals surface area contributed by atoms with Crippen molar-refractivity contribution < 1.29 is 4.79 Å². The van der Waals surface area contributed by atoms with Gasteiger partial charge in [-0.15, -0.1) is 0 Å². The van der Waals surface area contributed by atoms with Crippen LogP contribution in [0.3, 0.4) is 0 Å². The maximum absolute atomic E-state index is 12.8. The number of benzene rings is 2. The van der Waals surface area contributed by atoms with E-state index in [9.17, 15) is 9.59 Å².